The van der Waals surface area contributed by atoms with Crippen LogP contribution >= 0.6 is 11.6 Å². The first-order valence-corrected chi connectivity index (χ1v) is 12.1. The fourth-order valence-electron chi connectivity index (χ4n) is 3.53. The molecule has 36 heavy (non-hydrogen) atoms. The van der Waals surface area contributed by atoms with Crippen molar-refractivity contribution in [3.63, 3.8) is 0 Å². The molecule has 0 amide bonds. The summed E-state index contributed by atoms with van der Waals surface area (Å²) in [4.78, 5) is 42.3. The Morgan fingerprint density at radius 1 is 1.11 bits per heavy atom. The van der Waals surface area contributed by atoms with E-state index >= 15 is 0 Å². The van der Waals surface area contributed by atoms with E-state index < -0.39 is 23.3 Å². The Hall–Kier alpha value is -3.59. The standard InChI is InChI=1S/C26H31ClN4O5/c1-6-18(4)36-22-12-11-21(13-16(22)2)28-24-29-25(33)31(14-17(3)23(32)35-5)26(34)30(24)15-19-7-9-20(27)10-8-19/h7-13,17-18H,6,14-15H2,1-5H3,(H,28,29,33)/t17-,18-/m0/s1. The summed E-state index contributed by atoms with van der Waals surface area (Å²) in [5, 5.41) is 3.67. The predicted octanol–water partition coefficient (Wildman–Crippen LogP) is 4.15. The summed E-state index contributed by atoms with van der Waals surface area (Å²) >= 11 is 6.01. The van der Waals surface area contributed by atoms with Crippen LogP contribution in [0.5, 0.6) is 5.75 Å². The van der Waals surface area contributed by atoms with Crippen molar-refractivity contribution in [3.8, 4) is 5.75 Å². The minimum atomic E-state index is -0.765. The summed E-state index contributed by atoms with van der Waals surface area (Å²) in [5.41, 5.74) is 0.953. The van der Waals surface area contributed by atoms with Crippen LogP contribution in [0.1, 0.15) is 38.3 Å². The van der Waals surface area contributed by atoms with Crippen molar-refractivity contribution < 1.29 is 14.3 Å². The predicted molar refractivity (Wildman–Crippen MR) is 139 cm³/mol. The number of nitrogens with zero attached hydrogens (tertiary/aromatic N) is 3. The molecule has 10 heteroatoms. The average Bonchev–Trinajstić information content (AvgIpc) is 2.86. The quantitative estimate of drug-likeness (QED) is 0.405. The molecule has 1 heterocycles. The number of halogens is 1. The van der Waals surface area contributed by atoms with Crippen LogP contribution in [0.4, 0.5) is 11.6 Å². The number of aromatic nitrogens is 3. The molecule has 2 aromatic carbocycles. The normalized spacial score (nSPS) is 12.6. The molecule has 2 atom stereocenters. The van der Waals surface area contributed by atoms with Gasteiger partial charge in [-0.05, 0) is 61.7 Å². The molecule has 0 aliphatic rings. The number of carbonyl (C=O) groups excluding carboxylic acids is 1. The first-order valence-electron chi connectivity index (χ1n) is 11.7. The molecule has 0 bridgehead atoms. The van der Waals surface area contributed by atoms with Gasteiger partial charge in [-0.25, -0.2) is 14.2 Å². The highest BCUT2D eigenvalue weighted by Crippen LogP contribution is 2.25. The molecule has 0 aliphatic heterocycles. The van der Waals surface area contributed by atoms with Gasteiger partial charge in [-0.1, -0.05) is 37.6 Å². The van der Waals surface area contributed by atoms with E-state index in [-0.39, 0.29) is 25.1 Å². The van der Waals surface area contributed by atoms with Crippen molar-refractivity contribution >= 4 is 29.2 Å². The third kappa shape index (κ3) is 6.54. The number of nitrogens with one attached hydrogen (secondary N) is 1. The van der Waals surface area contributed by atoms with Crippen LogP contribution < -0.4 is 21.4 Å². The maximum atomic E-state index is 13.4. The lowest BCUT2D eigenvalue weighted by Crippen LogP contribution is -2.44. The van der Waals surface area contributed by atoms with E-state index in [4.69, 9.17) is 21.1 Å². The average molecular weight is 515 g/mol. The zero-order chi connectivity index (χ0) is 26.4. The van der Waals surface area contributed by atoms with Gasteiger partial charge in [0.25, 0.3) is 0 Å². The smallest absolute Gasteiger partial charge is 0.354 e. The monoisotopic (exact) mass is 514 g/mol. The number of aryl methyl sites for hydroxylation is 1. The number of hydrogen-bond acceptors (Lipinski definition) is 7. The van der Waals surface area contributed by atoms with Gasteiger partial charge in [0.1, 0.15) is 5.75 Å². The number of hydrogen-bond donors (Lipinski definition) is 1. The zero-order valence-electron chi connectivity index (χ0n) is 21.1. The maximum absolute atomic E-state index is 13.4. The highest BCUT2D eigenvalue weighted by atomic mass is 35.5. The highest BCUT2D eigenvalue weighted by Gasteiger charge is 2.20. The van der Waals surface area contributed by atoms with Crippen molar-refractivity contribution in [2.75, 3.05) is 12.4 Å². The van der Waals surface area contributed by atoms with Crippen LogP contribution in [0.25, 0.3) is 0 Å². The van der Waals surface area contributed by atoms with E-state index in [0.29, 0.717) is 10.7 Å². The number of carbonyl (C=O) groups is 1. The molecule has 192 valence electrons. The molecule has 3 rings (SSSR count). The third-order valence-corrected chi connectivity index (χ3v) is 6.05. The number of rotatable bonds is 10. The number of esters is 1. The molecule has 1 aromatic heterocycles. The van der Waals surface area contributed by atoms with Gasteiger partial charge in [-0.3, -0.25) is 9.36 Å². The second kappa shape index (κ2) is 11.9. The van der Waals surface area contributed by atoms with E-state index in [1.54, 1.807) is 37.3 Å². The van der Waals surface area contributed by atoms with Crippen LogP contribution in [-0.4, -0.2) is 33.3 Å². The van der Waals surface area contributed by atoms with E-state index in [9.17, 15) is 14.4 Å². The molecule has 3 aromatic rings. The maximum Gasteiger partial charge on any atom is 0.354 e. The van der Waals surface area contributed by atoms with Gasteiger partial charge in [0.2, 0.25) is 5.95 Å². The molecule has 9 nitrogen and oxygen atoms in total. The van der Waals surface area contributed by atoms with Gasteiger partial charge in [-0.2, -0.15) is 4.98 Å². The lowest BCUT2D eigenvalue weighted by molar-refractivity contribution is -0.145. The minimum absolute atomic E-state index is 0.0775. The van der Waals surface area contributed by atoms with Crippen molar-refractivity contribution in [1.82, 2.24) is 14.1 Å². The molecular formula is C26H31ClN4O5. The second-order valence-electron chi connectivity index (χ2n) is 8.69. The fourth-order valence-corrected chi connectivity index (χ4v) is 3.66. The van der Waals surface area contributed by atoms with E-state index in [1.165, 1.54) is 11.7 Å². The van der Waals surface area contributed by atoms with Gasteiger partial charge in [0.15, 0.2) is 0 Å². The van der Waals surface area contributed by atoms with Gasteiger partial charge in [-0.15, -0.1) is 0 Å². The number of anilines is 2. The topological polar surface area (TPSA) is 104 Å². The van der Waals surface area contributed by atoms with Gasteiger partial charge >= 0.3 is 17.3 Å². The third-order valence-electron chi connectivity index (χ3n) is 5.80. The van der Waals surface area contributed by atoms with E-state index in [2.05, 4.69) is 17.2 Å². The molecular weight excluding hydrogens is 484 g/mol. The van der Waals surface area contributed by atoms with Crippen LogP contribution in [-0.2, 0) is 22.6 Å². The van der Waals surface area contributed by atoms with Crippen molar-refractivity contribution in [2.24, 2.45) is 5.92 Å². The Kier molecular flexibility index (Phi) is 8.93. The summed E-state index contributed by atoms with van der Waals surface area (Å²) in [5.74, 6) is -0.390. The number of methoxy groups -OCH3 is 1. The summed E-state index contributed by atoms with van der Waals surface area (Å²) in [6, 6.07) is 12.5. The van der Waals surface area contributed by atoms with Gasteiger partial charge in [0.05, 0.1) is 25.7 Å². The van der Waals surface area contributed by atoms with Crippen LogP contribution in [0.2, 0.25) is 5.02 Å². The molecule has 1 N–H and O–H groups in total. The van der Waals surface area contributed by atoms with Crippen LogP contribution in [0.3, 0.4) is 0 Å². The number of ether oxygens (including phenoxy) is 2. The lowest BCUT2D eigenvalue weighted by atomic mass is 10.2. The summed E-state index contributed by atoms with van der Waals surface area (Å²) in [6.07, 6.45) is 0.958. The zero-order valence-corrected chi connectivity index (χ0v) is 21.8. The van der Waals surface area contributed by atoms with Crippen LogP contribution in [0.15, 0.2) is 52.1 Å². The Morgan fingerprint density at radius 2 is 1.81 bits per heavy atom. The molecule has 0 unspecified atom stereocenters. The molecule has 0 aliphatic carbocycles. The van der Waals surface area contributed by atoms with Crippen molar-refractivity contribution in [2.45, 2.75) is 53.3 Å². The Bertz CT molecular complexity index is 1330. The molecule has 0 saturated heterocycles. The number of benzene rings is 2. The van der Waals surface area contributed by atoms with Crippen molar-refractivity contribution in [1.29, 1.82) is 0 Å². The largest absolute Gasteiger partial charge is 0.490 e. The Morgan fingerprint density at radius 3 is 2.42 bits per heavy atom. The first kappa shape index (κ1) is 27.0. The Labute approximate surface area is 214 Å². The fraction of sp³-hybridized carbons (Fsp3) is 0.385. The molecule has 0 radical (unpaired) electrons. The second-order valence-corrected chi connectivity index (χ2v) is 9.13. The minimum Gasteiger partial charge on any atom is -0.490 e. The van der Waals surface area contributed by atoms with Crippen molar-refractivity contribution in [3.05, 3.63) is 79.6 Å². The summed E-state index contributed by atoms with van der Waals surface area (Å²) < 4.78 is 13.0. The first-order chi connectivity index (χ1) is 17.1. The molecule has 0 fully saturated rings. The molecule has 0 saturated carbocycles. The van der Waals surface area contributed by atoms with E-state index in [0.717, 1.165) is 27.9 Å². The van der Waals surface area contributed by atoms with Crippen LogP contribution in [0, 0.1) is 12.8 Å². The highest BCUT2D eigenvalue weighted by molar-refractivity contribution is 6.30. The SMILES string of the molecule is CC[C@H](C)Oc1ccc(Nc2nc(=O)n(C[C@H](C)C(=O)OC)c(=O)n2Cc2ccc(Cl)cc2)cc1C. The summed E-state index contributed by atoms with van der Waals surface area (Å²) in [6.45, 7) is 7.53. The van der Waals surface area contributed by atoms with Gasteiger partial charge < -0.3 is 14.8 Å². The van der Waals surface area contributed by atoms with E-state index in [1.807, 2.05) is 26.0 Å². The molecule has 0 spiro atoms. The lowest BCUT2D eigenvalue weighted by Gasteiger charge is -2.18. The Balaban J connectivity index is 2.02. The van der Waals surface area contributed by atoms with Gasteiger partial charge in [0, 0.05) is 17.3 Å². The summed E-state index contributed by atoms with van der Waals surface area (Å²) in [7, 11) is 1.26.